The summed E-state index contributed by atoms with van der Waals surface area (Å²) in [6.45, 7) is 4.24. The van der Waals surface area contributed by atoms with Crippen molar-refractivity contribution in [3.63, 3.8) is 0 Å². The standard InChI is InChI=1S/C20H28N4O7.3Na/c1-14(2)20(31)22-16-5-3-15(4-6-16)21-7-8-23(11-17(25)26)9-10-24(12-18(27)28)13-19(29)30;;;/h3-6,21H,1,7-13H2,2H3,(H,22,31)(H,25,26)(H,27,28)(H,29,30);;;/q;3*+1/p-3. The molecule has 0 spiro atoms. The summed E-state index contributed by atoms with van der Waals surface area (Å²) in [5, 5.41) is 38.2. The van der Waals surface area contributed by atoms with Crippen LogP contribution in [0.5, 0.6) is 0 Å². The molecular formula is C20H25N4Na3O7. The second-order valence-corrected chi connectivity index (χ2v) is 6.84. The molecule has 170 valence electrons. The van der Waals surface area contributed by atoms with Crippen molar-refractivity contribution >= 4 is 35.2 Å². The van der Waals surface area contributed by atoms with Gasteiger partial charge in [-0.25, -0.2) is 0 Å². The molecule has 0 bridgehead atoms. The van der Waals surface area contributed by atoms with Crippen LogP contribution in [-0.2, 0) is 19.2 Å². The summed E-state index contributed by atoms with van der Waals surface area (Å²) < 4.78 is 0. The molecule has 0 atom stereocenters. The number of nitrogens with one attached hydrogen (secondary N) is 2. The van der Waals surface area contributed by atoms with Crippen LogP contribution in [0.1, 0.15) is 6.92 Å². The minimum atomic E-state index is -1.45. The number of hydrogen-bond donors (Lipinski definition) is 2. The summed E-state index contributed by atoms with van der Waals surface area (Å²) in [5.74, 6) is -4.50. The van der Waals surface area contributed by atoms with E-state index in [1.54, 1.807) is 31.2 Å². The van der Waals surface area contributed by atoms with E-state index in [1.165, 1.54) is 4.90 Å². The maximum absolute atomic E-state index is 11.6. The largest absolute Gasteiger partial charge is 1.00 e. The van der Waals surface area contributed by atoms with Crippen molar-refractivity contribution in [2.75, 3.05) is 56.4 Å². The molecule has 0 aliphatic rings. The molecule has 0 radical (unpaired) electrons. The minimum absolute atomic E-state index is 0. The number of carbonyl (C=O) groups is 4. The molecular weight excluding hydrogens is 477 g/mol. The van der Waals surface area contributed by atoms with E-state index in [0.29, 0.717) is 17.8 Å². The van der Waals surface area contributed by atoms with E-state index >= 15 is 0 Å². The Hall–Kier alpha value is -0.440. The zero-order chi connectivity index (χ0) is 23.4. The smallest absolute Gasteiger partial charge is 0.549 e. The van der Waals surface area contributed by atoms with Gasteiger partial charge in [-0.2, -0.15) is 0 Å². The first-order valence-electron chi connectivity index (χ1n) is 9.42. The van der Waals surface area contributed by atoms with Crippen molar-refractivity contribution in [3.8, 4) is 0 Å². The monoisotopic (exact) mass is 502 g/mol. The van der Waals surface area contributed by atoms with E-state index in [1.807, 2.05) is 0 Å². The van der Waals surface area contributed by atoms with Gasteiger partial charge in [0.05, 0.1) is 17.9 Å². The SMILES string of the molecule is C=C(C)C(=O)Nc1ccc(NCCN(CCN(CC(=O)[O-])CC(=O)[O-])CC(=O)[O-])cc1.[Na+].[Na+].[Na+]. The van der Waals surface area contributed by atoms with Gasteiger partial charge < -0.3 is 40.3 Å². The number of carboxylic acids is 3. The molecule has 2 N–H and O–H groups in total. The number of aliphatic carboxylic acids is 3. The van der Waals surface area contributed by atoms with Crippen LogP contribution in [0.25, 0.3) is 0 Å². The number of anilines is 2. The molecule has 1 aromatic carbocycles. The predicted octanol–water partition coefficient (Wildman–Crippen LogP) is -12.5. The zero-order valence-electron chi connectivity index (χ0n) is 20.2. The Bertz CT molecular complexity index is 794. The molecule has 0 saturated heterocycles. The van der Waals surface area contributed by atoms with Gasteiger partial charge in [-0.1, -0.05) is 6.58 Å². The molecule has 14 heteroatoms. The van der Waals surface area contributed by atoms with E-state index < -0.39 is 37.5 Å². The summed E-state index contributed by atoms with van der Waals surface area (Å²) >= 11 is 0. The van der Waals surface area contributed by atoms with E-state index in [2.05, 4.69) is 17.2 Å². The summed E-state index contributed by atoms with van der Waals surface area (Å²) in [6, 6.07) is 6.86. The molecule has 0 unspecified atom stereocenters. The Balaban J connectivity index is -0.00000320. The molecule has 0 aromatic heterocycles. The first kappa shape index (κ1) is 38.1. The predicted molar refractivity (Wildman–Crippen MR) is 106 cm³/mol. The average Bonchev–Trinajstić information content (AvgIpc) is 2.65. The van der Waals surface area contributed by atoms with E-state index in [9.17, 15) is 34.5 Å². The first-order valence-corrected chi connectivity index (χ1v) is 9.42. The van der Waals surface area contributed by atoms with Crippen LogP contribution < -0.4 is 115 Å². The Kier molecular flexibility index (Phi) is 23.2. The molecule has 0 aliphatic heterocycles. The Morgan fingerprint density at radius 3 is 1.62 bits per heavy atom. The average molecular weight is 502 g/mol. The third-order valence-electron chi connectivity index (χ3n) is 4.08. The molecule has 0 aliphatic carbocycles. The molecule has 34 heavy (non-hydrogen) atoms. The van der Waals surface area contributed by atoms with Crippen LogP contribution in [0, 0.1) is 0 Å². The Labute approximate surface area is 265 Å². The van der Waals surface area contributed by atoms with Crippen LogP contribution >= 0.6 is 0 Å². The minimum Gasteiger partial charge on any atom is -0.549 e. The number of amides is 1. The van der Waals surface area contributed by atoms with Gasteiger partial charge in [-0.3, -0.25) is 14.6 Å². The van der Waals surface area contributed by atoms with E-state index in [4.69, 9.17) is 0 Å². The molecule has 0 saturated carbocycles. The summed E-state index contributed by atoms with van der Waals surface area (Å²) in [6.07, 6.45) is 0. The number of benzene rings is 1. The van der Waals surface area contributed by atoms with E-state index in [0.717, 1.165) is 10.6 Å². The van der Waals surface area contributed by atoms with E-state index in [-0.39, 0.29) is 114 Å². The van der Waals surface area contributed by atoms with Crippen LogP contribution in [0.2, 0.25) is 0 Å². The molecule has 0 heterocycles. The van der Waals surface area contributed by atoms with Gasteiger partial charge in [0, 0.05) is 62.8 Å². The van der Waals surface area contributed by atoms with Crippen LogP contribution in [-0.4, -0.2) is 79.4 Å². The van der Waals surface area contributed by atoms with Gasteiger partial charge in [0.25, 0.3) is 5.91 Å². The molecule has 11 nitrogen and oxygen atoms in total. The first-order chi connectivity index (χ1) is 14.6. The number of hydrogen-bond acceptors (Lipinski definition) is 10. The normalized spacial score (nSPS) is 9.74. The third-order valence-corrected chi connectivity index (χ3v) is 4.08. The molecule has 1 rings (SSSR count). The number of carboxylic acid groups (broad SMARTS) is 3. The van der Waals surface area contributed by atoms with Gasteiger partial charge in [0.1, 0.15) is 0 Å². The fourth-order valence-corrected chi connectivity index (χ4v) is 2.58. The summed E-state index contributed by atoms with van der Waals surface area (Å²) in [5.41, 5.74) is 1.71. The van der Waals surface area contributed by atoms with Crippen molar-refractivity contribution in [2.45, 2.75) is 6.92 Å². The topological polar surface area (TPSA) is 168 Å². The Morgan fingerprint density at radius 2 is 1.18 bits per heavy atom. The van der Waals surface area contributed by atoms with Crippen LogP contribution in [0.3, 0.4) is 0 Å². The van der Waals surface area contributed by atoms with Crippen molar-refractivity contribution in [1.82, 2.24) is 9.80 Å². The van der Waals surface area contributed by atoms with Crippen molar-refractivity contribution in [3.05, 3.63) is 36.4 Å². The number of carbonyl (C=O) groups excluding carboxylic acids is 4. The van der Waals surface area contributed by atoms with Gasteiger partial charge in [0.2, 0.25) is 0 Å². The third kappa shape index (κ3) is 17.9. The Morgan fingerprint density at radius 1 is 0.765 bits per heavy atom. The van der Waals surface area contributed by atoms with Gasteiger partial charge in [-0.05, 0) is 31.2 Å². The molecule has 0 fully saturated rings. The second kappa shape index (κ2) is 20.7. The molecule has 1 aromatic rings. The van der Waals surface area contributed by atoms with Crippen LogP contribution in [0.4, 0.5) is 11.4 Å². The van der Waals surface area contributed by atoms with Gasteiger partial charge >= 0.3 is 88.7 Å². The summed E-state index contributed by atoms with van der Waals surface area (Å²) in [4.78, 5) is 46.6. The quantitative estimate of drug-likeness (QED) is 0.174. The zero-order valence-corrected chi connectivity index (χ0v) is 26.2. The fraction of sp³-hybridized carbons (Fsp3) is 0.400. The van der Waals surface area contributed by atoms with Gasteiger partial charge in [-0.15, -0.1) is 0 Å². The van der Waals surface area contributed by atoms with Crippen molar-refractivity contribution < 1.29 is 123 Å². The maximum atomic E-state index is 11.6. The van der Waals surface area contributed by atoms with Gasteiger partial charge in [0.15, 0.2) is 0 Å². The number of nitrogens with zero attached hydrogens (tertiary/aromatic N) is 2. The second-order valence-electron chi connectivity index (χ2n) is 6.84. The fourth-order valence-electron chi connectivity index (χ4n) is 2.58. The summed E-state index contributed by atoms with van der Waals surface area (Å²) in [7, 11) is 0. The molecule has 1 amide bonds. The number of rotatable bonds is 15. The van der Waals surface area contributed by atoms with Crippen molar-refractivity contribution in [2.24, 2.45) is 0 Å². The van der Waals surface area contributed by atoms with Crippen LogP contribution in [0.15, 0.2) is 36.4 Å². The van der Waals surface area contributed by atoms with Crippen molar-refractivity contribution in [1.29, 1.82) is 0 Å². The maximum Gasteiger partial charge on any atom is 1.00 e.